The minimum atomic E-state index is 0.0514. The van der Waals surface area contributed by atoms with Crippen LogP contribution >= 0.6 is 0 Å². The molecule has 0 fully saturated rings. The Kier molecular flexibility index (Phi) is 28.6. The summed E-state index contributed by atoms with van der Waals surface area (Å²) in [5.74, 6) is 7.81. The van der Waals surface area contributed by atoms with Gasteiger partial charge in [0.2, 0.25) is 0 Å². The van der Waals surface area contributed by atoms with Crippen LogP contribution < -0.4 is 66.3 Å². The lowest BCUT2D eigenvalue weighted by Crippen LogP contribution is -2.03. The lowest BCUT2D eigenvalue weighted by molar-refractivity contribution is 0.275. The maximum absolute atomic E-state index is 11.0. The Balaban J connectivity index is 0.738. The number of hydrogen-bond donors (Lipinski definition) is 2. The van der Waals surface area contributed by atoms with E-state index in [1.54, 1.807) is 72.8 Å². The van der Waals surface area contributed by atoms with E-state index in [2.05, 4.69) is 0 Å². The van der Waals surface area contributed by atoms with Crippen molar-refractivity contribution in [3.63, 3.8) is 0 Å². The maximum Gasteiger partial charge on any atom is 0.136 e. The van der Waals surface area contributed by atoms with Crippen LogP contribution in [0.1, 0.15) is 66.8 Å². The van der Waals surface area contributed by atoms with Crippen molar-refractivity contribution in [2.75, 3.05) is 0 Å². The predicted octanol–water partition coefficient (Wildman–Crippen LogP) is 27.0. The van der Waals surface area contributed by atoms with Gasteiger partial charge in [0.1, 0.15) is 183 Å². The van der Waals surface area contributed by atoms with Gasteiger partial charge in [-0.05, 0) is 163 Å². The van der Waals surface area contributed by atoms with Gasteiger partial charge in [-0.3, -0.25) is 0 Å². The third-order valence-corrected chi connectivity index (χ3v) is 21.0. The molecule has 2 N–H and O–H groups in total. The van der Waals surface area contributed by atoms with Gasteiger partial charge in [0, 0.05) is 71.8 Å². The van der Waals surface area contributed by atoms with Crippen molar-refractivity contribution in [1.29, 1.82) is 0 Å². The van der Waals surface area contributed by atoms with E-state index in [-0.39, 0.29) is 37.9 Å². The zero-order chi connectivity index (χ0) is 88.1. The summed E-state index contributed by atoms with van der Waals surface area (Å²) in [4.78, 5) is 0. The maximum atomic E-state index is 11.0. The van der Waals surface area contributed by atoms with Crippen molar-refractivity contribution in [2.45, 2.75) is 79.3 Å². The van der Waals surface area contributed by atoms with Gasteiger partial charge in [0.25, 0.3) is 0 Å². The number of ether oxygens (including phenoxy) is 14. The standard InChI is InChI=1S/C114H94O16/c115-95-45-41-93(42-46-95)111-68-114(130-110-65-107(127-79-91-53-101(121-73-85-33-17-5-18-34-85)59-102(54-91)122-74-86-35-19-6-20-36-86)62-108(66-110)128-80-92-55-103(123-75-87-37-21-7-22-38-87)60-104(56-92)124-76-88-39-23-8-24-40-88)112(94-43-47-96(116)48-44-94)67-113(111)129-109-63-105(125-77-89-49-97(117-69-81-25-9-1-10-26-81)57-98(50-89)118-70-82-27-11-2-12-28-82)61-106(64-109)126-78-90-51-99(119-71-83-29-13-3-14-30-83)58-100(52-90)120-72-84-31-15-4-16-32-84/h1-68,115-116H,69-80H2. The average molecular weight is 1720 g/mol. The summed E-state index contributed by atoms with van der Waals surface area (Å²) in [6.45, 7) is 2.87. The number of hydrogen-bond acceptors (Lipinski definition) is 16. The summed E-state index contributed by atoms with van der Waals surface area (Å²) in [5, 5.41) is 22.0. The average Bonchev–Trinajstić information content (AvgIpc) is 0.775. The fraction of sp³-hybridized carbons (Fsp3) is 0.105. The fourth-order valence-electron chi connectivity index (χ4n) is 14.4. The zero-order valence-corrected chi connectivity index (χ0v) is 71.4. The van der Waals surface area contributed by atoms with Crippen molar-refractivity contribution in [2.24, 2.45) is 0 Å². The highest BCUT2D eigenvalue weighted by molar-refractivity contribution is 5.82. The number of benzene rings is 17. The van der Waals surface area contributed by atoms with Gasteiger partial charge in [-0.2, -0.15) is 0 Å². The summed E-state index contributed by atoms with van der Waals surface area (Å²) in [7, 11) is 0. The van der Waals surface area contributed by atoms with Crippen LogP contribution in [0.15, 0.2) is 413 Å². The molecule has 0 radical (unpaired) electrons. The van der Waals surface area contributed by atoms with Crippen LogP contribution in [0.3, 0.4) is 0 Å². The zero-order valence-electron chi connectivity index (χ0n) is 71.4. The molecule has 16 nitrogen and oxygen atoms in total. The number of aromatic hydroxyl groups is 2. The Morgan fingerprint density at radius 1 is 0.138 bits per heavy atom. The van der Waals surface area contributed by atoms with Crippen molar-refractivity contribution in [3.05, 3.63) is 479 Å². The van der Waals surface area contributed by atoms with Gasteiger partial charge in [0.05, 0.1) is 0 Å². The van der Waals surface area contributed by atoms with Crippen LogP contribution in [0.5, 0.6) is 103 Å². The van der Waals surface area contributed by atoms with Gasteiger partial charge in [-0.15, -0.1) is 0 Å². The molecular formula is C114H94O16. The predicted molar refractivity (Wildman–Crippen MR) is 503 cm³/mol. The Morgan fingerprint density at radius 2 is 0.285 bits per heavy atom. The van der Waals surface area contributed by atoms with E-state index >= 15 is 0 Å². The van der Waals surface area contributed by atoms with Gasteiger partial charge in [0.15, 0.2) is 0 Å². The van der Waals surface area contributed by atoms with E-state index in [1.807, 2.05) is 340 Å². The van der Waals surface area contributed by atoms with Crippen LogP contribution in [-0.4, -0.2) is 10.2 Å². The molecule has 17 rings (SSSR count). The lowest BCUT2D eigenvalue weighted by atomic mass is 9.97. The molecule has 0 spiro atoms. The molecule has 646 valence electrons. The summed E-state index contributed by atoms with van der Waals surface area (Å²) in [5.41, 5.74) is 13.5. The Labute approximate surface area is 756 Å². The van der Waals surface area contributed by atoms with Crippen LogP contribution in [0, 0.1) is 0 Å². The molecule has 0 atom stereocenters. The fourth-order valence-corrected chi connectivity index (χ4v) is 14.4. The first-order valence-electron chi connectivity index (χ1n) is 42.9. The van der Waals surface area contributed by atoms with Gasteiger partial charge >= 0.3 is 0 Å². The molecule has 0 amide bonds. The van der Waals surface area contributed by atoms with E-state index in [9.17, 15) is 10.2 Å². The molecular weight excluding hydrogens is 1630 g/mol. The molecule has 0 bridgehead atoms. The van der Waals surface area contributed by atoms with Crippen molar-refractivity contribution >= 4 is 0 Å². The normalized spacial score (nSPS) is 10.9. The van der Waals surface area contributed by atoms with E-state index in [0.717, 1.165) is 66.8 Å². The second-order valence-corrected chi connectivity index (χ2v) is 31.0. The Hall–Kier alpha value is -16.5. The van der Waals surface area contributed by atoms with Crippen molar-refractivity contribution in [3.8, 4) is 126 Å². The van der Waals surface area contributed by atoms with E-state index in [0.29, 0.717) is 167 Å². The summed E-state index contributed by atoms with van der Waals surface area (Å²) in [6.07, 6.45) is 0. The number of rotatable bonds is 42. The first-order chi connectivity index (χ1) is 64.0. The van der Waals surface area contributed by atoms with Crippen molar-refractivity contribution < 1.29 is 76.5 Å². The van der Waals surface area contributed by atoms with E-state index in [4.69, 9.17) is 66.3 Å². The Morgan fingerprint density at radius 3 is 0.454 bits per heavy atom. The van der Waals surface area contributed by atoms with E-state index in [1.165, 1.54) is 0 Å². The molecule has 0 saturated heterocycles. The monoisotopic (exact) mass is 1720 g/mol. The van der Waals surface area contributed by atoms with Gasteiger partial charge in [-0.25, -0.2) is 0 Å². The molecule has 16 heteroatoms. The highest BCUT2D eigenvalue weighted by Crippen LogP contribution is 2.47. The molecule has 0 aliphatic heterocycles. The molecule has 0 aliphatic rings. The number of phenols is 2. The highest BCUT2D eigenvalue weighted by atomic mass is 16.5. The molecule has 0 unspecified atom stereocenters. The highest BCUT2D eigenvalue weighted by Gasteiger charge is 2.22. The third-order valence-electron chi connectivity index (χ3n) is 21.0. The van der Waals surface area contributed by atoms with Gasteiger partial charge in [-0.1, -0.05) is 267 Å². The summed E-state index contributed by atoms with van der Waals surface area (Å²) >= 11 is 0. The topological polar surface area (TPSA) is 170 Å². The second-order valence-electron chi connectivity index (χ2n) is 31.0. The minimum Gasteiger partial charge on any atom is -0.508 e. The summed E-state index contributed by atoms with van der Waals surface area (Å²) < 4.78 is 94.1. The lowest BCUT2D eigenvalue weighted by Gasteiger charge is -2.20. The van der Waals surface area contributed by atoms with Crippen molar-refractivity contribution in [1.82, 2.24) is 0 Å². The van der Waals surface area contributed by atoms with Crippen LogP contribution in [-0.2, 0) is 79.3 Å². The second kappa shape index (κ2) is 43.4. The van der Waals surface area contributed by atoms with E-state index < -0.39 is 0 Å². The number of phenolic OH excluding ortho intramolecular Hbond substituents is 2. The quantitative estimate of drug-likeness (QED) is 0.0370. The molecule has 17 aromatic rings. The molecule has 17 aromatic carbocycles. The van der Waals surface area contributed by atoms with Crippen LogP contribution in [0.25, 0.3) is 22.3 Å². The van der Waals surface area contributed by atoms with Crippen LogP contribution in [0.2, 0.25) is 0 Å². The SMILES string of the molecule is Oc1ccc(-c2cc(Oc3cc(OCc4cc(OCc5ccccc5)cc(OCc5ccccc5)c4)cc(OCc4cc(OCc5ccccc5)cc(OCc5ccccc5)c4)c3)c(-c3ccc(O)cc3)cc2Oc2cc(OCc3cc(OCc4ccccc4)cc(OCc4ccccc4)c3)cc(OCc3cc(OCc4ccccc4)cc(OCc4ccccc4)c3)c2)cc1. The third kappa shape index (κ3) is 25.4. The largest absolute Gasteiger partial charge is 0.508 e. The molecule has 0 saturated carbocycles. The molecule has 0 heterocycles. The molecule has 130 heavy (non-hydrogen) atoms. The molecule has 0 aliphatic carbocycles. The first-order valence-corrected chi connectivity index (χ1v) is 42.9. The smallest absolute Gasteiger partial charge is 0.136 e. The Bertz CT molecular complexity index is 5520. The van der Waals surface area contributed by atoms with Crippen LogP contribution in [0.4, 0.5) is 0 Å². The summed E-state index contributed by atoms with van der Waals surface area (Å²) in [6, 6.07) is 131. The molecule has 0 aromatic heterocycles. The van der Waals surface area contributed by atoms with Gasteiger partial charge < -0.3 is 76.5 Å². The minimum absolute atomic E-state index is 0.0514. The first kappa shape index (κ1) is 85.7.